The van der Waals surface area contributed by atoms with E-state index in [1.807, 2.05) is 20.8 Å². The summed E-state index contributed by atoms with van der Waals surface area (Å²) in [6.07, 6.45) is 0.644. The molecule has 1 unspecified atom stereocenters. The van der Waals surface area contributed by atoms with E-state index < -0.39 is 15.8 Å². The number of hydrogen-bond acceptors (Lipinski definition) is 3. The Morgan fingerprint density at radius 3 is 2.47 bits per heavy atom. The highest BCUT2D eigenvalue weighted by Gasteiger charge is 2.24. The Hall–Kier alpha value is -0.850. The second-order valence-electron chi connectivity index (χ2n) is 4.68. The maximum Gasteiger partial charge on any atom is 0.242 e. The zero-order chi connectivity index (χ0) is 14.8. The first-order valence-electron chi connectivity index (χ1n) is 5.95. The van der Waals surface area contributed by atoms with Crippen molar-refractivity contribution in [2.45, 2.75) is 38.1 Å². The molecule has 0 radical (unpaired) electrons. The molecule has 0 amide bonds. The molecule has 0 aliphatic carbocycles. The van der Waals surface area contributed by atoms with Gasteiger partial charge in [-0.3, -0.25) is 0 Å². The minimum absolute atomic E-state index is 0.136. The van der Waals surface area contributed by atoms with E-state index in [1.54, 1.807) is 0 Å². The summed E-state index contributed by atoms with van der Waals surface area (Å²) in [5.74, 6) is -0.601. The molecule has 1 aromatic rings. The zero-order valence-corrected chi connectivity index (χ0v) is 12.6. The van der Waals surface area contributed by atoms with Crippen molar-refractivity contribution in [1.29, 1.82) is 0 Å². The van der Waals surface area contributed by atoms with Gasteiger partial charge in [-0.2, -0.15) is 0 Å². The largest absolute Gasteiger partial charge is 0.396 e. The van der Waals surface area contributed by atoms with Crippen molar-refractivity contribution in [2.24, 2.45) is 5.92 Å². The molecular formula is C12H18ClFN2O2S. The summed E-state index contributed by atoms with van der Waals surface area (Å²) in [5, 5.41) is -0.183. The van der Waals surface area contributed by atoms with Crippen molar-refractivity contribution < 1.29 is 12.8 Å². The van der Waals surface area contributed by atoms with Crippen LogP contribution in [0.15, 0.2) is 17.0 Å². The Bertz CT molecular complexity index is 561. The average molecular weight is 309 g/mol. The van der Waals surface area contributed by atoms with Crippen LogP contribution in [0.2, 0.25) is 5.02 Å². The van der Waals surface area contributed by atoms with Gasteiger partial charge in [0.2, 0.25) is 10.0 Å². The smallest absolute Gasteiger partial charge is 0.242 e. The minimum atomic E-state index is -3.82. The molecule has 0 aromatic heterocycles. The van der Waals surface area contributed by atoms with Crippen molar-refractivity contribution in [3.05, 3.63) is 23.0 Å². The Labute approximate surface area is 118 Å². The third-order valence-corrected chi connectivity index (χ3v) is 4.85. The van der Waals surface area contributed by atoms with Crippen LogP contribution in [0.4, 0.5) is 10.1 Å². The third-order valence-electron chi connectivity index (χ3n) is 2.89. The Morgan fingerprint density at radius 2 is 2.00 bits per heavy atom. The molecule has 0 fully saturated rings. The van der Waals surface area contributed by atoms with E-state index >= 15 is 0 Å². The molecule has 4 nitrogen and oxygen atoms in total. The molecule has 1 atom stereocenters. The normalized spacial score (nSPS) is 13.8. The minimum Gasteiger partial charge on any atom is -0.396 e. The van der Waals surface area contributed by atoms with Crippen LogP contribution < -0.4 is 10.5 Å². The maximum atomic E-state index is 13.2. The SMILES string of the molecule is CCC(NS(=O)(=O)c1cc(N)c(F)cc1Cl)C(C)C. The number of nitrogens with one attached hydrogen (secondary N) is 1. The molecule has 108 valence electrons. The number of benzene rings is 1. The van der Waals surface area contributed by atoms with Gasteiger partial charge in [-0.1, -0.05) is 32.4 Å². The van der Waals surface area contributed by atoms with E-state index in [2.05, 4.69) is 4.72 Å². The fraction of sp³-hybridized carbons (Fsp3) is 0.500. The van der Waals surface area contributed by atoms with Gasteiger partial charge in [0.05, 0.1) is 10.7 Å². The molecule has 1 rings (SSSR count). The lowest BCUT2D eigenvalue weighted by molar-refractivity contribution is 0.437. The Kier molecular flexibility index (Phi) is 5.18. The molecule has 0 heterocycles. The summed E-state index contributed by atoms with van der Waals surface area (Å²) in [6, 6.07) is 1.72. The van der Waals surface area contributed by atoms with E-state index in [4.69, 9.17) is 17.3 Å². The summed E-state index contributed by atoms with van der Waals surface area (Å²) >= 11 is 5.78. The van der Waals surface area contributed by atoms with Crippen molar-refractivity contribution in [1.82, 2.24) is 4.72 Å². The standard InChI is InChI=1S/C12H18ClFN2O2S/c1-4-11(7(2)3)16-19(17,18)12-6-10(15)9(14)5-8(12)13/h5-7,11,16H,4,15H2,1-3H3. The highest BCUT2D eigenvalue weighted by atomic mass is 35.5. The summed E-state index contributed by atoms with van der Waals surface area (Å²) < 4.78 is 40.2. The van der Waals surface area contributed by atoms with Gasteiger partial charge in [-0.05, 0) is 24.5 Å². The second-order valence-corrected chi connectivity index (χ2v) is 6.77. The van der Waals surface area contributed by atoms with Crippen molar-refractivity contribution in [3.63, 3.8) is 0 Å². The molecule has 7 heteroatoms. The number of sulfonamides is 1. The maximum absolute atomic E-state index is 13.2. The molecule has 0 saturated carbocycles. The van der Waals surface area contributed by atoms with Crippen LogP contribution >= 0.6 is 11.6 Å². The molecule has 0 aliphatic heterocycles. The predicted molar refractivity (Wildman–Crippen MR) is 75.1 cm³/mol. The molecular weight excluding hydrogens is 291 g/mol. The third kappa shape index (κ3) is 3.81. The summed E-state index contributed by atoms with van der Waals surface area (Å²) in [6.45, 7) is 5.71. The lowest BCUT2D eigenvalue weighted by atomic mass is 10.0. The van der Waals surface area contributed by atoms with Gasteiger partial charge in [-0.25, -0.2) is 17.5 Å². The van der Waals surface area contributed by atoms with E-state index in [-0.39, 0.29) is 27.6 Å². The number of anilines is 1. The fourth-order valence-corrected chi connectivity index (χ4v) is 3.72. The fourth-order valence-electron chi connectivity index (χ4n) is 1.70. The first-order valence-corrected chi connectivity index (χ1v) is 7.82. The molecule has 0 spiro atoms. The summed E-state index contributed by atoms with van der Waals surface area (Å²) in [4.78, 5) is -0.202. The number of nitrogen functional groups attached to an aromatic ring is 1. The van der Waals surface area contributed by atoms with Crippen LogP contribution in [-0.2, 0) is 10.0 Å². The first-order chi connectivity index (χ1) is 8.69. The van der Waals surface area contributed by atoms with E-state index in [1.165, 1.54) is 0 Å². The van der Waals surface area contributed by atoms with E-state index in [0.29, 0.717) is 6.42 Å². The topological polar surface area (TPSA) is 72.2 Å². The van der Waals surface area contributed by atoms with Gasteiger partial charge >= 0.3 is 0 Å². The van der Waals surface area contributed by atoms with Crippen LogP contribution in [0.5, 0.6) is 0 Å². The Balaban J connectivity index is 3.17. The van der Waals surface area contributed by atoms with Crippen LogP contribution in [0.1, 0.15) is 27.2 Å². The van der Waals surface area contributed by atoms with Gasteiger partial charge in [0.25, 0.3) is 0 Å². The molecule has 19 heavy (non-hydrogen) atoms. The van der Waals surface area contributed by atoms with Crippen LogP contribution in [0, 0.1) is 11.7 Å². The zero-order valence-electron chi connectivity index (χ0n) is 11.1. The number of hydrogen-bond donors (Lipinski definition) is 2. The summed E-state index contributed by atoms with van der Waals surface area (Å²) in [7, 11) is -3.82. The summed E-state index contributed by atoms with van der Waals surface area (Å²) in [5.41, 5.74) is 5.14. The van der Waals surface area contributed by atoms with Gasteiger partial charge in [0.15, 0.2) is 0 Å². The highest BCUT2D eigenvalue weighted by Crippen LogP contribution is 2.26. The van der Waals surface area contributed by atoms with Crippen LogP contribution in [0.25, 0.3) is 0 Å². The number of halogens is 2. The van der Waals surface area contributed by atoms with Crippen LogP contribution in [-0.4, -0.2) is 14.5 Å². The van der Waals surface area contributed by atoms with Crippen molar-refractivity contribution >= 4 is 27.3 Å². The van der Waals surface area contributed by atoms with Gasteiger partial charge < -0.3 is 5.73 Å². The average Bonchev–Trinajstić information content (AvgIpc) is 2.30. The van der Waals surface area contributed by atoms with Crippen molar-refractivity contribution in [3.8, 4) is 0 Å². The number of nitrogens with two attached hydrogens (primary N) is 1. The van der Waals surface area contributed by atoms with Gasteiger partial charge in [0.1, 0.15) is 10.7 Å². The monoisotopic (exact) mass is 308 g/mol. The molecule has 0 saturated heterocycles. The molecule has 0 bridgehead atoms. The van der Waals surface area contributed by atoms with E-state index in [0.717, 1.165) is 12.1 Å². The van der Waals surface area contributed by atoms with Gasteiger partial charge in [-0.15, -0.1) is 0 Å². The quantitative estimate of drug-likeness (QED) is 0.822. The second kappa shape index (κ2) is 6.07. The van der Waals surface area contributed by atoms with Gasteiger partial charge in [0, 0.05) is 6.04 Å². The number of rotatable bonds is 5. The predicted octanol–water partition coefficient (Wildman–Crippen LogP) is 2.77. The molecule has 1 aromatic carbocycles. The van der Waals surface area contributed by atoms with E-state index in [9.17, 15) is 12.8 Å². The molecule has 0 aliphatic rings. The lowest BCUT2D eigenvalue weighted by Gasteiger charge is -2.21. The van der Waals surface area contributed by atoms with Crippen molar-refractivity contribution in [2.75, 3.05) is 5.73 Å². The highest BCUT2D eigenvalue weighted by molar-refractivity contribution is 7.89. The lowest BCUT2D eigenvalue weighted by Crippen LogP contribution is -2.38. The Morgan fingerprint density at radius 1 is 1.42 bits per heavy atom. The molecule has 3 N–H and O–H groups in total. The van der Waals surface area contributed by atoms with Crippen LogP contribution in [0.3, 0.4) is 0 Å². The first kappa shape index (κ1) is 16.2.